The van der Waals surface area contributed by atoms with Crippen LogP contribution in [-0.2, 0) is 22.4 Å². The summed E-state index contributed by atoms with van der Waals surface area (Å²) in [5.74, 6) is -1.05. The van der Waals surface area contributed by atoms with Gasteiger partial charge in [-0.1, -0.05) is 19.1 Å². The van der Waals surface area contributed by atoms with Gasteiger partial charge in [0.1, 0.15) is 6.04 Å². The smallest absolute Gasteiger partial charge is 0.326 e. The van der Waals surface area contributed by atoms with E-state index in [1.54, 1.807) is 19.1 Å². The number of aryl methyl sites for hydroxylation is 2. The molecule has 2 aliphatic rings. The molecule has 4 rings (SSSR count). The van der Waals surface area contributed by atoms with Crippen LogP contribution in [0, 0.1) is 24.2 Å². The maximum absolute atomic E-state index is 13.1. The molecule has 40 heavy (non-hydrogen) atoms. The minimum absolute atomic E-state index is 0.00663. The van der Waals surface area contributed by atoms with Gasteiger partial charge in [0, 0.05) is 49.8 Å². The minimum Gasteiger partial charge on any atom is -0.480 e. The summed E-state index contributed by atoms with van der Waals surface area (Å²) in [4.78, 5) is 44.3. The van der Waals surface area contributed by atoms with E-state index >= 15 is 0 Å². The van der Waals surface area contributed by atoms with Crippen LogP contribution in [0.5, 0.6) is 0 Å². The number of benzene rings is 2. The summed E-state index contributed by atoms with van der Waals surface area (Å²) in [6, 6.07) is 12.0. The molecule has 2 aliphatic heterocycles. The molecule has 1 saturated heterocycles. The number of nitrogens with zero attached hydrogens (tertiary/aromatic N) is 3. The van der Waals surface area contributed by atoms with Crippen LogP contribution in [0.1, 0.15) is 58.8 Å². The molecule has 2 heterocycles. The van der Waals surface area contributed by atoms with Crippen LogP contribution in [0.4, 0.5) is 5.69 Å². The third-order valence-electron chi connectivity index (χ3n) is 7.50. The molecule has 1 atom stereocenters. The zero-order valence-electron chi connectivity index (χ0n) is 23.0. The molecule has 0 aliphatic carbocycles. The molecule has 2 amide bonds. The number of aliphatic imine (C=N–C) groups is 1. The lowest BCUT2D eigenvalue weighted by Gasteiger charge is -2.33. The van der Waals surface area contributed by atoms with E-state index in [0.717, 1.165) is 56.7 Å². The first-order valence-electron chi connectivity index (χ1n) is 13.8. The number of carboxylic acids is 1. The number of nitrogens with one attached hydrogen (secondary N) is 3. The second-order valence-electron chi connectivity index (χ2n) is 10.3. The lowest BCUT2D eigenvalue weighted by molar-refractivity contribution is -0.139. The maximum Gasteiger partial charge on any atom is 0.326 e. The van der Waals surface area contributed by atoms with Gasteiger partial charge in [-0.05, 0) is 73.6 Å². The Morgan fingerprint density at radius 1 is 1.20 bits per heavy atom. The number of carbonyl (C=O) groups is 3. The highest BCUT2D eigenvalue weighted by Crippen LogP contribution is 2.24. The molecular weight excluding hydrogens is 508 g/mol. The predicted octanol–water partition coefficient (Wildman–Crippen LogP) is 2.54. The highest BCUT2D eigenvalue weighted by Gasteiger charge is 2.27. The summed E-state index contributed by atoms with van der Waals surface area (Å²) in [6.07, 6.45) is 3.14. The van der Waals surface area contributed by atoms with Crippen LogP contribution in [-0.4, -0.2) is 61.1 Å². The largest absolute Gasteiger partial charge is 0.480 e. The van der Waals surface area contributed by atoms with Crippen LogP contribution < -0.4 is 20.9 Å². The Bertz CT molecular complexity index is 1320. The molecule has 210 valence electrons. The SMILES string of the molecule is CCc1cc(C#N)cc(C)c1C(=O)NC(Cc1ccc(N2CCC(C(=O)NC3=NCCCN3)CC2)cc1)C(=O)O. The van der Waals surface area contributed by atoms with Crippen LogP contribution in [0.2, 0.25) is 0 Å². The monoisotopic (exact) mass is 544 g/mol. The molecular formula is C30H36N6O4. The number of nitriles is 1. The first-order chi connectivity index (χ1) is 19.3. The van der Waals surface area contributed by atoms with Crippen molar-refractivity contribution in [3.63, 3.8) is 0 Å². The molecule has 0 spiro atoms. The van der Waals surface area contributed by atoms with E-state index in [4.69, 9.17) is 0 Å². The maximum atomic E-state index is 13.1. The Kier molecular flexibility index (Phi) is 9.38. The van der Waals surface area contributed by atoms with Gasteiger partial charge in [0.15, 0.2) is 5.96 Å². The van der Waals surface area contributed by atoms with E-state index < -0.39 is 17.9 Å². The molecule has 0 aromatic heterocycles. The van der Waals surface area contributed by atoms with E-state index in [-0.39, 0.29) is 18.2 Å². The zero-order chi connectivity index (χ0) is 28.6. The fourth-order valence-electron chi connectivity index (χ4n) is 5.27. The Balaban J connectivity index is 1.34. The number of piperidine rings is 1. The Morgan fingerprint density at radius 3 is 2.52 bits per heavy atom. The summed E-state index contributed by atoms with van der Waals surface area (Å²) >= 11 is 0. The van der Waals surface area contributed by atoms with Gasteiger partial charge in [0.2, 0.25) is 5.91 Å². The Morgan fingerprint density at radius 2 is 1.93 bits per heavy atom. The number of guanidine groups is 1. The number of rotatable bonds is 8. The summed E-state index contributed by atoms with van der Waals surface area (Å²) in [7, 11) is 0. The average Bonchev–Trinajstić information content (AvgIpc) is 2.97. The second kappa shape index (κ2) is 13.1. The number of anilines is 1. The zero-order valence-corrected chi connectivity index (χ0v) is 23.0. The molecule has 0 radical (unpaired) electrons. The normalized spacial score (nSPS) is 16.2. The van der Waals surface area contributed by atoms with Crippen LogP contribution >= 0.6 is 0 Å². The van der Waals surface area contributed by atoms with Gasteiger partial charge in [-0.15, -0.1) is 0 Å². The fourth-order valence-corrected chi connectivity index (χ4v) is 5.27. The Labute approximate surface area is 234 Å². The van der Waals surface area contributed by atoms with Crippen molar-refractivity contribution in [1.82, 2.24) is 16.0 Å². The van der Waals surface area contributed by atoms with Crippen LogP contribution in [0.15, 0.2) is 41.4 Å². The third kappa shape index (κ3) is 6.97. The highest BCUT2D eigenvalue weighted by molar-refractivity contribution is 5.99. The van der Waals surface area contributed by atoms with Crippen molar-refractivity contribution < 1.29 is 19.5 Å². The molecule has 10 nitrogen and oxygen atoms in total. The summed E-state index contributed by atoms with van der Waals surface area (Å²) in [6.45, 7) is 6.69. The molecule has 0 saturated carbocycles. The minimum atomic E-state index is -1.11. The standard InChI is InChI=1S/C30H36N6O4/c1-3-22-16-21(18-31)15-19(2)26(22)28(38)34-25(29(39)40)17-20-5-7-24(8-6-20)36-13-9-23(10-14-36)27(37)35-30-32-11-4-12-33-30/h5-8,15-16,23,25H,3-4,9-14,17H2,1-2H3,(H,34,38)(H,39,40)(H2,32,33,35,37). The molecule has 0 bridgehead atoms. The molecule has 2 aromatic carbocycles. The quantitative estimate of drug-likeness (QED) is 0.399. The Hall–Kier alpha value is -4.39. The van der Waals surface area contributed by atoms with E-state index in [0.29, 0.717) is 34.6 Å². The van der Waals surface area contributed by atoms with Gasteiger partial charge in [-0.25, -0.2) is 4.79 Å². The van der Waals surface area contributed by atoms with E-state index in [1.165, 1.54) is 0 Å². The van der Waals surface area contributed by atoms with Crippen LogP contribution in [0.3, 0.4) is 0 Å². The van der Waals surface area contributed by atoms with Gasteiger partial charge in [0.25, 0.3) is 5.91 Å². The van der Waals surface area contributed by atoms with Crippen molar-refractivity contribution in [2.75, 3.05) is 31.1 Å². The summed E-state index contributed by atoms with van der Waals surface area (Å²) in [5.41, 5.74) is 4.05. The van der Waals surface area contributed by atoms with Gasteiger partial charge in [0.05, 0.1) is 11.6 Å². The average molecular weight is 545 g/mol. The van der Waals surface area contributed by atoms with E-state index in [9.17, 15) is 24.8 Å². The first kappa shape index (κ1) is 28.6. The van der Waals surface area contributed by atoms with Gasteiger partial charge >= 0.3 is 5.97 Å². The van der Waals surface area contributed by atoms with Gasteiger partial charge < -0.3 is 20.6 Å². The predicted molar refractivity (Wildman–Crippen MR) is 152 cm³/mol. The van der Waals surface area contributed by atoms with Crippen molar-refractivity contribution in [3.05, 3.63) is 64.2 Å². The van der Waals surface area contributed by atoms with Gasteiger partial charge in [-0.2, -0.15) is 5.26 Å². The highest BCUT2D eigenvalue weighted by atomic mass is 16.4. The summed E-state index contributed by atoms with van der Waals surface area (Å²) in [5, 5.41) is 27.8. The number of hydrogen-bond donors (Lipinski definition) is 4. The lowest BCUT2D eigenvalue weighted by Crippen LogP contribution is -2.48. The number of carbonyl (C=O) groups excluding carboxylic acids is 2. The topological polar surface area (TPSA) is 147 Å². The number of carboxylic acid groups (broad SMARTS) is 1. The second-order valence-corrected chi connectivity index (χ2v) is 10.3. The molecule has 1 fully saturated rings. The van der Waals surface area contributed by atoms with E-state index in [1.807, 2.05) is 31.2 Å². The molecule has 1 unspecified atom stereocenters. The molecule has 4 N–H and O–H groups in total. The molecule has 10 heteroatoms. The van der Waals surface area contributed by atoms with Crippen LogP contribution in [0.25, 0.3) is 0 Å². The molecule has 2 aromatic rings. The van der Waals surface area contributed by atoms with Crippen molar-refractivity contribution in [2.45, 2.75) is 52.0 Å². The number of aliphatic carboxylic acids is 1. The lowest BCUT2D eigenvalue weighted by atomic mass is 9.95. The van der Waals surface area contributed by atoms with Crippen molar-refractivity contribution in [1.29, 1.82) is 5.26 Å². The number of amides is 2. The third-order valence-corrected chi connectivity index (χ3v) is 7.50. The van der Waals surface area contributed by atoms with Crippen molar-refractivity contribution >= 4 is 29.4 Å². The van der Waals surface area contributed by atoms with E-state index in [2.05, 4.69) is 31.9 Å². The van der Waals surface area contributed by atoms with Gasteiger partial charge in [-0.3, -0.25) is 19.9 Å². The fraction of sp³-hybridized carbons (Fsp3) is 0.433. The summed E-state index contributed by atoms with van der Waals surface area (Å²) < 4.78 is 0. The van der Waals surface area contributed by atoms with Crippen molar-refractivity contribution in [2.24, 2.45) is 10.9 Å². The van der Waals surface area contributed by atoms with Crippen molar-refractivity contribution in [3.8, 4) is 6.07 Å². The first-order valence-corrected chi connectivity index (χ1v) is 13.8. The number of hydrogen-bond acceptors (Lipinski definition) is 7.